The maximum absolute atomic E-state index is 13.4. The zero-order valence-corrected chi connectivity index (χ0v) is 21.9. The number of pyridine rings is 1. The summed E-state index contributed by atoms with van der Waals surface area (Å²) in [5.74, 6) is 0.348. The molecule has 0 bridgehead atoms. The molecule has 190 valence electrons. The Hall–Kier alpha value is -2.51. The Morgan fingerprint density at radius 3 is 2.60 bits per heavy atom. The lowest BCUT2D eigenvalue weighted by Gasteiger charge is -2.41. The number of halogens is 1. The van der Waals surface area contributed by atoms with Crippen molar-refractivity contribution in [1.29, 1.82) is 0 Å². The first kappa shape index (κ1) is 21.7. The van der Waals surface area contributed by atoms with Gasteiger partial charge in [0, 0.05) is 42.4 Å². The fourth-order valence-electron chi connectivity index (χ4n) is 4.06. The first-order chi connectivity index (χ1) is 17.7. The highest BCUT2D eigenvalue weighted by Crippen LogP contribution is 2.34. The number of rotatable bonds is 7. The predicted molar refractivity (Wildman–Crippen MR) is 141 cm³/mol. The van der Waals surface area contributed by atoms with Crippen LogP contribution in [0.15, 0.2) is 36.5 Å². The van der Waals surface area contributed by atoms with Gasteiger partial charge in [-0.05, 0) is 64.1 Å². The molecule has 1 saturated heterocycles. The summed E-state index contributed by atoms with van der Waals surface area (Å²) >= 11 is 6.61. The lowest BCUT2D eigenvalue weighted by molar-refractivity contribution is 0.0577. The minimum atomic E-state index is -1.67. The van der Waals surface area contributed by atoms with Gasteiger partial charge in [0.05, 0.1) is 30.6 Å². The second-order valence-electron chi connectivity index (χ2n) is 10.1. The topological polar surface area (TPSA) is 58.1 Å². The Labute approximate surface area is 218 Å². The van der Waals surface area contributed by atoms with Gasteiger partial charge in [0.1, 0.15) is 17.2 Å². The number of anilines is 2. The fraction of sp³-hybridized carbons (Fsp3) is 0.556. The van der Waals surface area contributed by atoms with Crippen LogP contribution in [0.1, 0.15) is 50.2 Å². The summed E-state index contributed by atoms with van der Waals surface area (Å²) in [7, 11) is 1.60. The van der Waals surface area contributed by atoms with Crippen molar-refractivity contribution in [3.63, 3.8) is 0 Å². The van der Waals surface area contributed by atoms with E-state index in [1.807, 2.05) is 52.0 Å². The molecule has 0 unspecified atom stereocenters. The van der Waals surface area contributed by atoms with Crippen molar-refractivity contribution >= 4 is 29.2 Å². The number of hydrogen-bond acceptors (Lipinski definition) is 6. The second kappa shape index (κ2) is 10.6. The molecule has 4 rings (SSSR count). The molecule has 1 aliphatic heterocycles. The van der Waals surface area contributed by atoms with Gasteiger partial charge in [-0.25, -0.2) is 9.78 Å². The normalized spacial score (nSPS) is 21.5. The molecule has 2 aromatic rings. The van der Waals surface area contributed by atoms with Crippen molar-refractivity contribution in [3.05, 3.63) is 47.1 Å². The van der Waals surface area contributed by atoms with Crippen LogP contribution in [-0.2, 0) is 11.3 Å². The van der Waals surface area contributed by atoms with Crippen LogP contribution in [0.3, 0.4) is 0 Å². The summed E-state index contributed by atoms with van der Waals surface area (Å²) < 4.78 is 36.5. The van der Waals surface area contributed by atoms with Gasteiger partial charge in [0.25, 0.3) is 0 Å². The molecular formula is C27H37ClN4O3. The van der Waals surface area contributed by atoms with Gasteiger partial charge in [-0.15, -0.1) is 0 Å². The zero-order valence-electron chi connectivity index (χ0n) is 24.2. The summed E-state index contributed by atoms with van der Waals surface area (Å²) in [5, 5.41) is 0.320. The van der Waals surface area contributed by atoms with Gasteiger partial charge in [-0.2, -0.15) is 0 Å². The van der Waals surface area contributed by atoms with E-state index in [4.69, 9.17) is 25.2 Å². The SMILES string of the molecule is [2H]C1(C([2H])([2H])N2CCN(c3cc(N(Cc4ccc(OC)cc4)C(=O)OC(C)(C)C)c(Cl)cn3)[C@@H](C)C2)CC1. The number of carbonyl (C=O) groups is 1. The van der Waals surface area contributed by atoms with Gasteiger partial charge in [0.2, 0.25) is 0 Å². The summed E-state index contributed by atoms with van der Waals surface area (Å²) in [6, 6.07) is 9.19. The number of ether oxygens (including phenoxy) is 2. The highest BCUT2D eigenvalue weighted by molar-refractivity contribution is 6.33. The third kappa shape index (κ3) is 6.79. The van der Waals surface area contributed by atoms with Crippen LogP contribution in [0.2, 0.25) is 5.02 Å². The average molecular weight is 504 g/mol. The van der Waals surface area contributed by atoms with E-state index in [1.54, 1.807) is 24.3 Å². The van der Waals surface area contributed by atoms with E-state index in [-0.39, 0.29) is 12.6 Å². The van der Waals surface area contributed by atoms with Gasteiger partial charge in [-0.3, -0.25) is 9.80 Å². The van der Waals surface area contributed by atoms with Crippen molar-refractivity contribution in [2.24, 2.45) is 5.89 Å². The molecule has 35 heavy (non-hydrogen) atoms. The minimum Gasteiger partial charge on any atom is -0.497 e. The standard InChI is InChI=1S/C27H37ClN4O3/c1-19-16-30(17-20-6-7-20)12-13-31(19)25-14-24(23(28)15-29-25)32(26(33)35-27(2,3)4)18-21-8-10-22(34-5)11-9-21/h8-11,14-15,19-20H,6-7,12-13,16-18H2,1-5H3/t19-/m0/s1/i17D2,20D. The van der Waals surface area contributed by atoms with Gasteiger partial charge in [-0.1, -0.05) is 23.7 Å². The number of aromatic nitrogens is 1. The van der Waals surface area contributed by atoms with Crippen molar-refractivity contribution in [1.82, 2.24) is 9.88 Å². The molecule has 2 heterocycles. The number of benzene rings is 1. The molecule has 1 saturated carbocycles. The van der Waals surface area contributed by atoms with Crippen molar-refractivity contribution in [2.75, 3.05) is 43.0 Å². The van der Waals surface area contributed by atoms with Crippen LogP contribution >= 0.6 is 11.6 Å². The largest absolute Gasteiger partial charge is 0.497 e. The van der Waals surface area contributed by atoms with E-state index in [2.05, 4.69) is 9.88 Å². The third-order valence-corrected chi connectivity index (χ3v) is 6.25. The molecule has 8 heteroatoms. The number of methoxy groups -OCH3 is 1. The van der Waals surface area contributed by atoms with Crippen LogP contribution in [0.5, 0.6) is 5.75 Å². The molecule has 7 nitrogen and oxygen atoms in total. The Balaban J connectivity index is 1.60. The molecule has 0 radical (unpaired) electrons. The number of amides is 1. The lowest BCUT2D eigenvalue weighted by Crippen LogP contribution is -2.52. The summed E-state index contributed by atoms with van der Waals surface area (Å²) in [6.45, 7) is 7.51. The molecular weight excluding hydrogens is 464 g/mol. The molecule has 1 aromatic carbocycles. The Morgan fingerprint density at radius 2 is 2.00 bits per heavy atom. The minimum absolute atomic E-state index is 0.0562. The van der Waals surface area contributed by atoms with E-state index in [1.165, 1.54) is 4.90 Å². The molecule has 1 aromatic heterocycles. The molecule has 1 aliphatic carbocycles. The lowest BCUT2D eigenvalue weighted by atomic mass is 10.1. The van der Waals surface area contributed by atoms with Crippen molar-refractivity contribution in [2.45, 2.75) is 58.7 Å². The monoisotopic (exact) mass is 503 g/mol. The van der Waals surface area contributed by atoms with Crippen LogP contribution in [0.25, 0.3) is 0 Å². The Morgan fingerprint density at radius 1 is 1.29 bits per heavy atom. The number of hydrogen-bond donors (Lipinski definition) is 0. The van der Waals surface area contributed by atoms with Crippen LogP contribution in [-0.4, -0.2) is 60.9 Å². The zero-order chi connectivity index (χ0) is 27.9. The van der Waals surface area contributed by atoms with E-state index in [9.17, 15) is 4.79 Å². The maximum Gasteiger partial charge on any atom is 0.415 e. The Kier molecular flexibility index (Phi) is 6.60. The van der Waals surface area contributed by atoms with E-state index in [0.29, 0.717) is 49.0 Å². The maximum atomic E-state index is 13.4. The van der Waals surface area contributed by atoms with Crippen LogP contribution < -0.4 is 14.5 Å². The quantitative estimate of drug-likeness (QED) is 0.489. The van der Waals surface area contributed by atoms with E-state index < -0.39 is 24.1 Å². The summed E-state index contributed by atoms with van der Waals surface area (Å²) in [6.07, 6.45) is 2.19. The molecule has 2 aliphatic rings. The highest BCUT2D eigenvalue weighted by Gasteiger charge is 2.31. The molecule has 0 spiro atoms. The molecule has 1 atom stereocenters. The van der Waals surface area contributed by atoms with Crippen LogP contribution in [0, 0.1) is 5.89 Å². The first-order valence-corrected chi connectivity index (χ1v) is 12.4. The smallest absolute Gasteiger partial charge is 0.415 e. The van der Waals surface area contributed by atoms with Gasteiger partial charge < -0.3 is 14.4 Å². The number of piperazine rings is 1. The summed E-state index contributed by atoms with van der Waals surface area (Å²) in [4.78, 5) is 23.3. The number of carbonyl (C=O) groups excluding carboxylic acids is 1. The molecule has 2 fully saturated rings. The number of nitrogens with zero attached hydrogens (tertiary/aromatic N) is 4. The van der Waals surface area contributed by atoms with Crippen LogP contribution in [0.4, 0.5) is 16.3 Å². The predicted octanol–water partition coefficient (Wildman–Crippen LogP) is 5.61. The second-order valence-corrected chi connectivity index (χ2v) is 10.5. The van der Waals surface area contributed by atoms with E-state index >= 15 is 0 Å². The highest BCUT2D eigenvalue weighted by atomic mass is 35.5. The van der Waals surface area contributed by atoms with E-state index in [0.717, 1.165) is 11.3 Å². The van der Waals surface area contributed by atoms with Crippen molar-refractivity contribution in [3.8, 4) is 5.75 Å². The first-order valence-electron chi connectivity index (χ1n) is 13.5. The van der Waals surface area contributed by atoms with Crippen molar-refractivity contribution < 1.29 is 18.4 Å². The van der Waals surface area contributed by atoms with Gasteiger partial charge in [0.15, 0.2) is 0 Å². The third-order valence-electron chi connectivity index (χ3n) is 5.96. The molecule has 0 N–H and O–H groups in total. The Bertz CT molecular complexity index is 1160. The fourth-order valence-corrected chi connectivity index (χ4v) is 4.26. The summed E-state index contributed by atoms with van der Waals surface area (Å²) in [5.41, 5.74) is 0.660. The van der Waals surface area contributed by atoms with Gasteiger partial charge >= 0.3 is 6.09 Å². The average Bonchev–Trinajstić information content (AvgIpc) is 3.61. The molecule has 1 amide bonds.